The van der Waals surface area contributed by atoms with Gasteiger partial charge in [-0.15, -0.1) is 5.10 Å². The second-order valence-electron chi connectivity index (χ2n) is 4.27. The van der Waals surface area contributed by atoms with Crippen molar-refractivity contribution < 1.29 is 4.74 Å². The Morgan fingerprint density at radius 1 is 1.25 bits per heavy atom. The minimum Gasteiger partial charge on any atom is -0.493 e. The summed E-state index contributed by atoms with van der Waals surface area (Å²) in [5.74, 6) is 2.31. The molecule has 0 aliphatic carbocycles. The van der Waals surface area contributed by atoms with E-state index in [0.717, 1.165) is 16.7 Å². The summed E-state index contributed by atoms with van der Waals surface area (Å²) in [5.41, 5.74) is 1.23. The predicted molar refractivity (Wildman–Crippen MR) is 78.2 cm³/mol. The van der Waals surface area contributed by atoms with E-state index in [9.17, 15) is 0 Å². The summed E-state index contributed by atoms with van der Waals surface area (Å²) in [6, 6.07) is 9.87. The van der Waals surface area contributed by atoms with Gasteiger partial charge in [-0.3, -0.25) is 0 Å². The maximum atomic E-state index is 5.66. The lowest BCUT2D eigenvalue weighted by Gasteiger charge is -2.04. The zero-order valence-corrected chi connectivity index (χ0v) is 11.9. The number of hydrogen-bond donors (Lipinski definition) is 0. The smallest absolute Gasteiger partial charge is 0.253 e. The molecule has 0 amide bonds. The van der Waals surface area contributed by atoms with Crippen LogP contribution in [0.5, 0.6) is 5.75 Å². The lowest BCUT2D eigenvalue weighted by atomic mass is 10.2. The third-order valence-corrected chi connectivity index (χ3v) is 3.50. The molecule has 20 heavy (non-hydrogen) atoms. The van der Waals surface area contributed by atoms with Gasteiger partial charge in [-0.1, -0.05) is 29.5 Å². The van der Waals surface area contributed by atoms with E-state index in [2.05, 4.69) is 22.0 Å². The molecule has 102 valence electrons. The summed E-state index contributed by atoms with van der Waals surface area (Å²) in [6.45, 7) is 2.68. The number of rotatable bonds is 5. The normalized spacial score (nSPS) is 10.8. The topological polar surface area (TPSA) is 52.3 Å². The third kappa shape index (κ3) is 3.08. The molecule has 0 N–H and O–H groups in total. The van der Waals surface area contributed by atoms with Gasteiger partial charge in [0.05, 0.1) is 6.61 Å². The number of hydrogen-bond acceptors (Lipinski definition) is 5. The van der Waals surface area contributed by atoms with E-state index in [1.54, 1.807) is 22.5 Å². The Labute approximate surface area is 121 Å². The summed E-state index contributed by atoms with van der Waals surface area (Å²) in [5, 5.41) is 5.04. The second kappa shape index (κ2) is 5.92. The van der Waals surface area contributed by atoms with Crippen LogP contribution in [0.25, 0.3) is 5.78 Å². The number of benzene rings is 1. The highest BCUT2D eigenvalue weighted by atomic mass is 32.2. The van der Waals surface area contributed by atoms with Crippen LogP contribution in [0.15, 0.2) is 47.9 Å². The summed E-state index contributed by atoms with van der Waals surface area (Å²) < 4.78 is 7.33. The number of aryl methyl sites for hydroxylation is 1. The van der Waals surface area contributed by atoms with Crippen LogP contribution in [0.1, 0.15) is 5.56 Å². The Hall–Kier alpha value is -2.08. The van der Waals surface area contributed by atoms with Crippen LogP contribution in [0.3, 0.4) is 0 Å². The van der Waals surface area contributed by atoms with Crippen molar-refractivity contribution in [3.05, 3.63) is 48.3 Å². The monoisotopic (exact) mass is 286 g/mol. The molecule has 6 heteroatoms. The van der Waals surface area contributed by atoms with E-state index < -0.39 is 0 Å². The van der Waals surface area contributed by atoms with Crippen molar-refractivity contribution in [2.45, 2.75) is 12.1 Å². The molecule has 0 spiro atoms. The molecule has 2 heterocycles. The van der Waals surface area contributed by atoms with Gasteiger partial charge in [-0.25, -0.2) is 9.50 Å². The minimum absolute atomic E-state index is 0.620. The first kappa shape index (κ1) is 12.9. The van der Waals surface area contributed by atoms with Gasteiger partial charge in [-0.05, 0) is 25.1 Å². The van der Waals surface area contributed by atoms with Crippen molar-refractivity contribution in [3.63, 3.8) is 0 Å². The standard InChI is InChI=1S/C14H14N4OS/c1-11-3-5-12(6-4-11)19-9-10-20-14-16-13-15-7-2-8-18(13)17-14/h2-8H,9-10H2,1H3. The van der Waals surface area contributed by atoms with Crippen molar-refractivity contribution in [3.8, 4) is 5.75 Å². The second-order valence-corrected chi connectivity index (χ2v) is 5.33. The average molecular weight is 286 g/mol. The Morgan fingerprint density at radius 2 is 2.10 bits per heavy atom. The lowest BCUT2D eigenvalue weighted by molar-refractivity contribution is 0.344. The molecule has 0 bridgehead atoms. The molecule has 2 aromatic heterocycles. The van der Waals surface area contributed by atoms with Crippen molar-refractivity contribution >= 4 is 17.5 Å². The molecule has 1 aromatic carbocycles. The molecule has 0 aliphatic rings. The first-order valence-corrected chi connectivity index (χ1v) is 7.29. The van der Waals surface area contributed by atoms with E-state index in [-0.39, 0.29) is 0 Å². The largest absolute Gasteiger partial charge is 0.493 e. The number of ether oxygens (including phenoxy) is 1. The van der Waals surface area contributed by atoms with Gasteiger partial charge < -0.3 is 4.74 Å². The highest BCUT2D eigenvalue weighted by Gasteiger charge is 2.04. The Kier molecular flexibility index (Phi) is 3.83. The van der Waals surface area contributed by atoms with E-state index in [1.165, 1.54) is 5.56 Å². The molecule has 0 saturated heterocycles. The fourth-order valence-corrected chi connectivity index (χ4v) is 2.34. The van der Waals surface area contributed by atoms with Gasteiger partial charge in [0.15, 0.2) is 0 Å². The maximum absolute atomic E-state index is 5.66. The van der Waals surface area contributed by atoms with E-state index in [0.29, 0.717) is 12.4 Å². The van der Waals surface area contributed by atoms with Crippen LogP contribution in [0.4, 0.5) is 0 Å². The van der Waals surface area contributed by atoms with Gasteiger partial charge in [0, 0.05) is 18.1 Å². The Bertz CT molecular complexity index is 663. The molecule has 0 fully saturated rings. The van der Waals surface area contributed by atoms with Crippen molar-refractivity contribution in [2.75, 3.05) is 12.4 Å². The van der Waals surface area contributed by atoms with Gasteiger partial charge in [0.2, 0.25) is 5.16 Å². The predicted octanol–water partition coefficient (Wildman–Crippen LogP) is 2.60. The zero-order valence-electron chi connectivity index (χ0n) is 11.1. The maximum Gasteiger partial charge on any atom is 0.253 e. The average Bonchev–Trinajstić information content (AvgIpc) is 2.88. The molecule has 5 nitrogen and oxygen atoms in total. The van der Waals surface area contributed by atoms with Crippen LogP contribution < -0.4 is 4.74 Å². The van der Waals surface area contributed by atoms with Crippen LogP contribution in [0.2, 0.25) is 0 Å². The molecule has 0 aliphatic heterocycles. The van der Waals surface area contributed by atoms with Gasteiger partial charge >= 0.3 is 0 Å². The van der Waals surface area contributed by atoms with Crippen LogP contribution >= 0.6 is 11.8 Å². The summed E-state index contributed by atoms with van der Waals surface area (Å²) in [7, 11) is 0. The fraction of sp³-hybridized carbons (Fsp3) is 0.214. The van der Waals surface area contributed by atoms with Gasteiger partial charge in [-0.2, -0.15) is 4.98 Å². The zero-order chi connectivity index (χ0) is 13.8. The summed E-state index contributed by atoms with van der Waals surface area (Å²) in [6.07, 6.45) is 3.54. The molecule has 3 aromatic rings. The third-order valence-electron chi connectivity index (χ3n) is 2.70. The van der Waals surface area contributed by atoms with Crippen LogP contribution in [0, 0.1) is 6.92 Å². The quantitative estimate of drug-likeness (QED) is 0.533. The fourth-order valence-electron chi connectivity index (χ4n) is 1.70. The molecule has 0 unspecified atom stereocenters. The first-order chi connectivity index (χ1) is 9.81. The Morgan fingerprint density at radius 3 is 2.90 bits per heavy atom. The molecule has 3 rings (SSSR count). The van der Waals surface area contributed by atoms with Crippen molar-refractivity contribution in [2.24, 2.45) is 0 Å². The van der Waals surface area contributed by atoms with Crippen molar-refractivity contribution in [1.29, 1.82) is 0 Å². The van der Waals surface area contributed by atoms with Crippen molar-refractivity contribution in [1.82, 2.24) is 19.6 Å². The highest BCUT2D eigenvalue weighted by Crippen LogP contribution is 2.15. The van der Waals surface area contributed by atoms with Gasteiger partial charge in [0.25, 0.3) is 5.78 Å². The van der Waals surface area contributed by atoms with Crippen LogP contribution in [-0.4, -0.2) is 31.9 Å². The number of aromatic nitrogens is 4. The minimum atomic E-state index is 0.620. The lowest BCUT2D eigenvalue weighted by Crippen LogP contribution is -2.00. The van der Waals surface area contributed by atoms with Gasteiger partial charge in [0.1, 0.15) is 5.75 Å². The molecule has 0 atom stereocenters. The molecule has 0 radical (unpaired) electrons. The highest BCUT2D eigenvalue weighted by molar-refractivity contribution is 7.99. The van der Waals surface area contributed by atoms with Crippen LogP contribution in [-0.2, 0) is 0 Å². The van der Waals surface area contributed by atoms with E-state index in [1.807, 2.05) is 36.5 Å². The number of thioether (sulfide) groups is 1. The molecular weight excluding hydrogens is 272 g/mol. The summed E-state index contributed by atoms with van der Waals surface area (Å²) in [4.78, 5) is 8.45. The van der Waals surface area contributed by atoms with E-state index in [4.69, 9.17) is 4.74 Å². The van der Waals surface area contributed by atoms with E-state index >= 15 is 0 Å². The summed E-state index contributed by atoms with van der Waals surface area (Å²) >= 11 is 1.56. The number of nitrogens with zero attached hydrogens (tertiary/aromatic N) is 4. The first-order valence-electron chi connectivity index (χ1n) is 6.31. The number of fused-ring (bicyclic) bond motifs is 1. The molecule has 0 saturated carbocycles. The SMILES string of the molecule is Cc1ccc(OCCSc2nc3ncccn3n2)cc1. The Balaban J connectivity index is 1.51. The molecular formula is C14H14N4OS.